The molecule has 0 radical (unpaired) electrons. The quantitative estimate of drug-likeness (QED) is 0.187. The maximum atomic E-state index is 13.0. The van der Waals surface area contributed by atoms with Crippen LogP contribution in [0.1, 0.15) is 18.1 Å². The van der Waals surface area contributed by atoms with Gasteiger partial charge in [-0.1, -0.05) is 12.1 Å². The number of amides is 2. The highest BCUT2D eigenvalue weighted by Crippen LogP contribution is 2.35. The molecule has 184 valence electrons. The van der Waals surface area contributed by atoms with Crippen LogP contribution in [0.3, 0.4) is 0 Å². The van der Waals surface area contributed by atoms with E-state index < -0.39 is 17.6 Å². The molecular formula is C27H23FIN3O4. The van der Waals surface area contributed by atoms with Crippen LogP contribution in [0, 0.1) is 27.6 Å². The Morgan fingerprint density at radius 1 is 1.06 bits per heavy atom. The van der Waals surface area contributed by atoms with Crippen molar-refractivity contribution in [2.45, 2.75) is 13.8 Å². The number of benzene rings is 3. The minimum atomic E-state index is -0.533. The van der Waals surface area contributed by atoms with E-state index in [1.165, 1.54) is 30.3 Å². The normalized spacial score (nSPS) is 10.8. The number of nitrogens with zero attached hydrogens (tertiary/aromatic N) is 1. The van der Waals surface area contributed by atoms with Gasteiger partial charge in [0.1, 0.15) is 17.5 Å². The average molecular weight is 599 g/mol. The van der Waals surface area contributed by atoms with Crippen LogP contribution in [-0.4, -0.2) is 25.0 Å². The molecule has 2 N–H and O–H groups in total. The van der Waals surface area contributed by atoms with Gasteiger partial charge >= 0.3 is 0 Å². The Morgan fingerprint density at radius 3 is 2.47 bits per heavy atom. The molecule has 0 aliphatic rings. The van der Waals surface area contributed by atoms with Gasteiger partial charge < -0.3 is 20.1 Å². The van der Waals surface area contributed by atoms with Crippen molar-refractivity contribution in [1.29, 1.82) is 5.26 Å². The van der Waals surface area contributed by atoms with Crippen molar-refractivity contribution in [2.24, 2.45) is 0 Å². The van der Waals surface area contributed by atoms with E-state index in [2.05, 4.69) is 10.6 Å². The first-order valence-electron chi connectivity index (χ1n) is 10.9. The van der Waals surface area contributed by atoms with Crippen molar-refractivity contribution in [3.05, 3.63) is 86.8 Å². The molecule has 2 amide bonds. The third-order valence-corrected chi connectivity index (χ3v) is 5.56. The summed E-state index contributed by atoms with van der Waals surface area (Å²) in [6.45, 7) is 3.74. The lowest BCUT2D eigenvalue weighted by Crippen LogP contribution is -2.20. The second-order valence-electron chi connectivity index (χ2n) is 7.60. The molecule has 0 aliphatic carbocycles. The number of nitrogens with one attached hydrogen (secondary N) is 2. The van der Waals surface area contributed by atoms with Gasteiger partial charge in [-0.25, -0.2) is 4.39 Å². The van der Waals surface area contributed by atoms with E-state index in [4.69, 9.17) is 9.47 Å². The van der Waals surface area contributed by atoms with E-state index in [1.807, 2.05) is 47.7 Å². The lowest BCUT2D eigenvalue weighted by atomic mass is 10.1. The Morgan fingerprint density at radius 2 is 1.81 bits per heavy atom. The summed E-state index contributed by atoms with van der Waals surface area (Å²) in [5.74, 6) is -0.646. The van der Waals surface area contributed by atoms with Gasteiger partial charge in [-0.2, -0.15) is 5.26 Å². The molecule has 0 aliphatic heterocycles. The summed E-state index contributed by atoms with van der Waals surface area (Å²) in [5.41, 5.74) is 2.49. The maximum absolute atomic E-state index is 13.0. The summed E-state index contributed by atoms with van der Waals surface area (Å²) in [4.78, 5) is 24.9. The molecule has 7 nitrogen and oxygen atoms in total. The molecule has 36 heavy (non-hydrogen) atoms. The Bertz CT molecular complexity index is 1330. The minimum Gasteiger partial charge on any atom is -0.490 e. The number of aryl methyl sites for hydroxylation is 1. The predicted molar refractivity (Wildman–Crippen MR) is 144 cm³/mol. The predicted octanol–water partition coefficient (Wildman–Crippen LogP) is 5.70. The topological polar surface area (TPSA) is 100 Å². The number of carbonyl (C=O) groups is 2. The van der Waals surface area contributed by atoms with Crippen LogP contribution in [0.15, 0.2) is 66.2 Å². The standard InChI is InChI=1S/C27H23FIN3O4/c1-3-35-24-14-18(12-19(15-30)27(34)32-22-6-4-5-17(2)11-22)13-23(29)26(24)36-16-25(33)31-21-9-7-20(28)8-10-21/h4-14H,3,16H2,1-2H3,(H,31,33)(H,32,34)/b19-12+. The van der Waals surface area contributed by atoms with Gasteiger partial charge in [0.05, 0.1) is 10.2 Å². The van der Waals surface area contributed by atoms with Gasteiger partial charge in [0.25, 0.3) is 11.8 Å². The van der Waals surface area contributed by atoms with Gasteiger partial charge in [-0.3, -0.25) is 9.59 Å². The van der Waals surface area contributed by atoms with Gasteiger partial charge in [-0.05, 0) is 102 Å². The van der Waals surface area contributed by atoms with Crippen LogP contribution in [-0.2, 0) is 9.59 Å². The summed E-state index contributed by atoms with van der Waals surface area (Å²) in [5, 5.41) is 14.9. The minimum absolute atomic E-state index is 0.0814. The number of halogens is 2. The van der Waals surface area contributed by atoms with E-state index in [1.54, 1.807) is 31.2 Å². The SMILES string of the molecule is CCOc1cc(/C=C(\C#N)C(=O)Nc2cccc(C)c2)cc(I)c1OCC(=O)Nc1ccc(F)cc1. The molecule has 3 aromatic carbocycles. The Labute approximate surface area is 222 Å². The molecule has 0 fully saturated rings. The van der Waals surface area contributed by atoms with Gasteiger partial charge in [-0.15, -0.1) is 0 Å². The maximum Gasteiger partial charge on any atom is 0.266 e. The smallest absolute Gasteiger partial charge is 0.266 e. The van der Waals surface area contributed by atoms with E-state index in [0.29, 0.717) is 38.6 Å². The van der Waals surface area contributed by atoms with E-state index in [9.17, 15) is 19.2 Å². The largest absolute Gasteiger partial charge is 0.490 e. The summed E-state index contributed by atoms with van der Waals surface area (Å²) in [6.07, 6.45) is 1.46. The highest BCUT2D eigenvalue weighted by molar-refractivity contribution is 14.1. The fraction of sp³-hybridized carbons (Fsp3) is 0.148. The second kappa shape index (κ2) is 12.7. The summed E-state index contributed by atoms with van der Waals surface area (Å²) in [7, 11) is 0. The number of hydrogen-bond acceptors (Lipinski definition) is 5. The fourth-order valence-electron chi connectivity index (χ4n) is 3.18. The third kappa shape index (κ3) is 7.55. The molecule has 3 aromatic rings. The van der Waals surface area contributed by atoms with Crippen molar-refractivity contribution >= 4 is 51.9 Å². The molecular weight excluding hydrogens is 576 g/mol. The zero-order valence-electron chi connectivity index (χ0n) is 19.6. The number of ether oxygens (including phenoxy) is 2. The van der Waals surface area contributed by atoms with Crippen molar-refractivity contribution in [1.82, 2.24) is 0 Å². The molecule has 3 rings (SSSR count). The zero-order valence-corrected chi connectivity index (χ0v) is 21.8. The Balaban J connectivity index is 1.76. The van der Waals surface area contributed by atoms with Gasteiger partial charge in [0.15, 0.2) is 18.1 Å². The van der Waals surface area contributed by atoms with Crippen molar-refractivity contribution in [2.75, 3.05) is 23.8 Å². The summed E-state index contributed by atoms with van der Waals surface area (Å²) < 4.78 is 25.1. The molecule has 0 spiro atoms. The number of anilines is 2. The fourth-order valence-corrected chi connectivity index (χ4v) is 3.96. The van der Waals surface area contributed by atoms with E-state index >= 15 is 0 Å². The Kier molecular flexibility index (Phi) is 9.41. The average Bonchev–Trinajstić information content (AvgIpc) is 2.83. The second-order valence-corrected chi connectivity index (χ2v) is 8.76. The molecule has 0 bridgehead atoms. The molecule has 0 heterocycles. The van der Waals surface area contributed by atoms with Crippen molar-refractivity contribution < 1.29 is 23.5 Å². The molecule has 0 saturated carbocycles. The first-order chi connectivity index (χ1) is 17.3. The zero-order chi connectivity index (χ0) is 26.1. The number of hydrogen-bond donors (Lipinski definition) is 2. The lowest BCUT2D eigenvalue weighted by molar-refractivity contribution is -0.118. The van der Waals surface area contributed by atoms with Gasteiger partial charge in [0.2, 0.25) is 0 Å². The molecule has 0 aromatic heterocycles. The highest BCUT2D eigenvalue weighted by atomic mass is 127. The first kappa shape index (κ1) is 26.7. The van der Waals surface area contributed by atoms with Crippen LogP contribution in [0.4, 0.5) is 15.8 Å². The molecule has 0 atom stereocenters. The van der Waals surface area contributed by atoms with Crippen LogP contribution >= 0.6 is 22.6 Å². The summed E-state index contributed by atoms with van der Waals surface area (Å²) >= 11 is 2.03. The molecule has 9 heteroatoms. The van der Waals surface area contributed by atoms with Crippen molar-refractivity contribution in [3.63, 3.8) is 0 Å². The van der Waals surface area contributed by atoms with E-state index in [-0.39, 0.29) is 12.2 Å². The molecule has 0 saturated heterocycles. The van der Waals surface area contributed by atoms with E-state index in [0.717, 1.165) is 5.56 Å². The third-order valence-electron chi connectivity index (χ3n) is 4.76. The van der Waals surface area contributed by atoms with Gasteiger partial charge in [0, 0.05) is 11.4 Å². The highest BCUT2D eigenvalue weighted by Gasteiger charge is 2.16. The van der Waals surface area contributed by atoms with Crippen LogP contribution in [0.5, 0.6) is 11.5 Å². The molecule has 0 unspecified atom stereocenters. The van der Waals surface area contributed by atoms with Crippen LogP contribution in [0.2, 0.25) is 0 Å². The lowest BCUT2D eigenvalue weighted by Gasteiger charge is -2.15. The number of rotatable bonds is 9. The van der Waals surface area contributed by atoms with Crippen LogP contribution in [0.25, 0.3) is 6.08 Å². The first-order valence-corrected chi connectivity index (χ1v) is 12.0. The number of nitriles is 1. The Hall–Kier alpha value is -3.91. The van der Waals surface area contributed by atoms with Crippen LogP contribution < -0.4 is 20.1 Å². The number of carbonyl (C=O) groups excluding carboxylic acids is 2. The monoisotopic (exact) mass is 599 g/mol. The summed E-state index contributed by atoms with van der Waals surface area (Å²) in [6, 6.07) is 18.0. The van der Waals surface area contributed by atoms with Crippen molar-refractivity contribution in [3.8, 4) is 17.6 Å².